The molecule has 6 heteroatoms. The molecule has 1 saturated heterocycles. The van der Waals surface area contributed by atoms with Crippen molar-refractivity contribution in [2.75, 3.05) is 10.3 Å². The van der Waals surface area contributed by atoms with Gasteiger partial charge >= 0.3 is 0 Å². The molecule has 1 N–H and O–H groups in total. The van der Waals surface area contributed by atoms with Crippen molar-refractivity contribution < 1.29 is 9.59 Å². The molecule has 4 rings (SSSR count). The van der Waals surface area contributed by atoms with Gasteiger partial charge in [0.15, 0.2) is 0 Å². The van der Waals surface area contributed by atoms with Crippen LogP contribution in [0.2, 0.25) is 0 Å². The number of hydrazine groups is 1. The van der Waals surface area contributed by atoms with Gasteiger partial charge < -0.3 is 0 Å². The van der Waals surface area contributed by atoms with Crippen molar-refractivity contribution >= 4 is 39.1 Å². The topological polar surface area (TPSA) is 52.7 Å². The minimum atomic E-state index is -0.724. The van der Waals surface area contributed by atoms with Gasteiger partial charge in [0, 0.05) is 17.3 Å². The van der Waals surface area contributed by atoms with E-state index in [0.717, 1.165) is 10.2 Å². The summed E-state index contributed by atoms with van der Waals surface area (Å²) in [6.45, 7) is 1.93. The molecule has 24 heavy (non-hydrogen) atoms. The molecule has 0 aromatic heterocycles. The Hall–Kier alpha value is -2.34. The fraction of sp³-hybridized carbons (Fsp3) is 0.222. The summed E-state index contributed by atoms with van der Waals surface area (Å²) in [7, 11) is 0. The van der Waals surface area contributed by atoms with Crippen LogP contribution >= 0.6 is 15.9 Å². The van der Waals surface area contributed by atoms with E-state index in [1.807, 2.05) is 49.4 Å². The fourth-order valence-electron chi connectivity index (χ4n) is 3.47. The molecule has 2 aliphatic heterocycles. The lowest BCUT2D eigenvalue weighted by Crippen LogP contribution is -2.64. The summed E-state index contributed by atoms with van der Waals surface area (Å²) in [6, 6.07) is 14.9. The number of carbonyl (C=O) groups is 2. The Bertz CT molecular complexity index is 854. The molecular weight excluding hydrogens is 370 g/mol. The molecule has 2 amide bonds. The van der Waals surface area contributed by atoms with Crippen molar-refractivity contribution in [2.24, 2.45) is 0 Å². The number of nitrogens with zero attached hydrogens (tertiary/aromatic N) is 2. The first kappa shape index (κ1) is 15.2. The minimum Gasteiger partial charge on any atom is -0.292 e. The third-order valence-corrected chi connectivity index (χ3v) is 5.40. The molecule has 1 unspecified atom stereocenters. The van der Waals surface area contributed by atoms with Crippen LogP contribution in [-0.2, 0) is 4.79 Å². The summed E-state index contributed by atoms with van der Waals surface area (Å²) in [5.41, 5.74) is 4.50. The van der Waals surface area contributed by atoms with E-state index >= 15 is 0 Å². The SMILES string of the molecule is CC12CCC(=O)N1c1ccccc1C(=O)N2Nc1ccccc1Br. The van der Waals surface area contributed by atoms with Crippen LogP contribution in [0.1, 0.15) is 30.1 Å². The number of amides is 2. The summed E-state index contributed by atoms with van der Waals surface area (Å²) in [4.78, 5) is 27.3. The largest absolute Gasteiger partial charge is 0.292 e. The monoisotopic (exact) mass is 385 g/mol. The molecule has 0 saturated carbocycles. The Balaban J connectivity index is 1.84. The Labute approximate surface area is 148 Å². The smallest absolute Gasteiger partial charge is 0.276 e. The number of fused-ring (bicyclic) bond motifs is 3. The highest BCUT2D eigenvalue weighted by Gasteiger charge is 2.53. The van der Waals surface area contributed by atoms with E-state index in [1.54, 1.807) is 16.0 Å². The number of nitrogens with one attached hydrogen (secondary N) is 1. The maximum atomic E-state index is 13.1. The first-order valence-electron chi connectivity index (χ1n) is 7.80. The number of hydrogen-bond acceptors (Lipinski definition) is 3. The quantitative estimate of drug-likeness (QED) is 0.855. The van der Waals surface area contributed by atoms with Gasteiger partial charge in [-0.3, -0.25) is 19.9 Å². The lowest BCUT2D eigenvalue weighted by Gasteiger charge is -2.48. The molecule has 2 aromatic carbocycles. The molecule has 0 spiro atoms. The number of para-hydroxylation sites is 2. The summed E-state index contributed by atoms with van der Waals surface area (Å²) in [5, 5.41) is 1.58. The Morgan fingerprint density at radius 3 is 2.58 bits per heavy atom. The van der Waals surface area contributed by atoms with Gasteiger partial charge in [-0.25, -0.2) is 5.01 Å². The number of carbonyl (C=O) groups excluding carboxylic acids is 2. The molecule has 0 aliphatic carbocycles. The molecule has 2 heterocycles. The predicted molar refractivity (Wildman–Crippen MR) is 95.5 cm³/mol. The van der Waals surface area contributed by atoms with E-state index in [9.17, 15) is 9.59 Å². The van der Waals surface area contributed by atoms with E-state index in [-0.39, 0.29) is 11.8 Å². The molecule has 0 radical (unpaired) electrons. The van der Waals surface area contributed by atoms with E-state index < -0.39 is 5.66 Å². The standard InChI is InChI=1S/C18H16BrN3O2/c1-18-11-10-16(23)21(18)15-9-5-2-6-12(15)17(24)22(18)20-14-8-4-3-7-13(14)19/h2-9,20H,10-11H2,1H3. The van der Waals surface area contributed by atoms with E-state index in [0.29, 0.717) is 24.1 Å². The average Bonchev–Trinajstić information content (AvgIpc) is 2.89. The van der Waals surface area contributed by atoms with Gasteiger partial charge in [0.1, 0.15) is 5.66 Å². The van der Waals surface area contributed by atoms with Crippen molar-refractivity contribution in [3.8, 4) is 0 Å². The summed E-state index contributed by atoms with van der Waals surface area (Å²) < 4.78 is 0.858. The van der Waals surface area contributed by atoms with Crippen molar-refractivity contribution in [3.63, 3.8) is 0 Å². The molecule has 1 fully saturated rings. The number of anilines is 2. The van der Waals surface area contributed by atoms with Gasteiger partial charge in [-0.2, -0.15) is 0 Å². The van der Waals surface area contributed by atoms with Crippen LogP contribution in [0, 0.1) is 0 Å². The van der Waals surface area contributed by atoms with Crippen LogP contribution in [-0.4, -0.2) is 22.5 Å². The summed E-state index contributed by atoms with van der Waals surface area (Å²) in [5.74, 6) is -0.0915. The van der Waals surface area contributed by atoms with E-state index in [1.165, 1.54) is 0 Å². The first-order chi connectivity index (χ1) is 11.5. The third kappa shape index (κ3) is 2.06. The van der Waals surface area contributed by atoms with Gasteiger partial charge in [0.25, 0.3) is 5.91 Å². The zero-order chi connectivity index (χ0) is 16.9. The van der Waals surface area contributed by atoms with Crippen LogP contribution in [0.5, 0.6) is 0 Å². The van der Waals surface area contributed by atoms with Gasteiger partial charge in [-0.15, -0.1) is 0 Å². The zero-order valence-corrected chi connectivity index (χ0v) is 14.7. The maximum absolute atomic E-state index is 13.1. The molecule has 2 aliphatic rings. The molecular formula is C18H16BrN3O2. The van der Waals surface area contributed by atoms with Gasteiger partial charge in [0.2, 0.25) is 5.91 Å². The van der Waals surface area contributed by atoms with E-state index in [2.05, 4.69) is 21.4 Å². The van der Waals surface area contributed by atoms with Gasteiger partial charge in [0.05, 0.1) is 16.9 Å². The number of rotatable bonds is 2. The predicted octanol–water partition coefficient (Wildman–Crippen LogP) is 3.78. The van der Waals surface area contributed by atoms with Crippen molar-refractivity contribution in [2.45, 2.75) is 25.4 Å². The highest BCUT2D eigenvalue weighted by molar-refractivity contribution is 9.10. The van der Waals surface area contributed by atoms with Crippen LogP contribution in [0.15, 0.2) is 53.0 Å². The number of benzene rings is 2. The third-order valence-electron chi connectivity index (χ3n) is 4.71. The Morgan fingerprint density at radius 1 is 1.08 bits per heavy atom. The zero-order valence-electron chi connectivity index (χ0n) is 13.1. The summed E-state index contributed by atoms with van der Waals surface area (Å²) >= 11 is 3.50. The van der Waals surface area contributed by atoms with Gasteiger partial charge in [-0.1, -0.05) is 24.3 Å². The second-order valence-corrected chi connectivity index (χ2v) is 7.05. The highest BCUT2D eigenvalue weighted by Crippen LogP contribution is 2.44. The fourth-order valence-corrected chi connectivity index (χ4v) is 3.85. The Kier molecular flexibility index (Phi) is 3.38. The number of hydrogen-bond donors (Lipinski definition) is 1. The second-order valence-electron chi connectivity index (χ2n) is 6.20. The molecule has 122 valence electrons. The van der Waals surface area contributed by atoms with Crippen LogP contribution in [0.3, 0.4) is 0 Å². The molecule has 1 atom stereocenters. The van der Waals surface area contributed by atoms with Crippen LogP contribution < -0.4 is 10.3 Å². The van der Waals surface area contributed by atoms with Crippen molar-refractivity contribution in [3.05, 3.63) is 58.6 Å². The first-order valence-corrected chi connectivity index (χ1v) is 8.59. The molecule has 5 nitrogen and oxygen atoms in total. The number of halogens is 1. The highest BCUT2D eigenvalue weighted by atomic mass is 79.9. The van der Waals surface area contributed by atoms with Crippen LogP contribution in [0.4, 0.5) is 11.4 Å². The Morgan fingerprint density at radius 2 is 1.79 bits per heavy atom. The van der Waals surface area contributed by atoms with Crippen molar-refractivity contribution in [1.29, 1.82) is 0 Å². The molecule has 0 bridgehead atoms. The summed E-state index contributed by atoms with van der Waals surface area (Å²) in [6.07, 6.45) is 1.01. The average molecular weight is 386 g/mol. The van der Waals surface area contributed by atoms with Crippen LogP contribution in [0.25, 0.3) is 0 Å². The lowest BCUT2D eigenvalue weighted by molar-refractivity contribution is -0.117. The minimum absolute atomic E-state index is 0.0383. The van der Waals surface area contributed by atoms with E-state index in [4.69, 9.17) is 0 Å². The second kappa shape index (κ2) is 5.34. The lowest BCUT2D eigenvalue weighted by atomic mass is 10.0. The molecule has 2 aromatic rings. The maximum Gasteiger partial charge on any atom is 0.276 e. The normalized spacial score (nSPS) is 22.4. The van der Waals surface area contributed by atoms with Gasteiger partial charge in [-0.05, 0) is 47.1 Å². The van der Waals surface area contributed by atoms with Crippen molar-refractivity contribution in [1.82, 2.24) is 5.01 Å².